The van der Waals surface area contributed by atoms with E-state index in [-0.39, 0.29) is 17.3 Å². The predicted octanol–water partition coefficient (Wildman–Crippen LogP) is 11.9. The zero-order chi connectivity index (χ0) is 36.7. The average Bonchev–Trinajstić information content (AvgIpc) is 3.05. The predicted molar refractivity (Wildman–Crippen MR) is 208 cm³/mol. The molecule has 8 heteroatoms. The SMILES string of the molecule is CCCCCCCCCCCCCCCCCCCCCC(=O)Oc1cc(C(CNC(C)(C)C)CS(=O)(=O)O)ccc1Oc1ccc(C)cc1. The first-order valence-corrected chi connectivity index (χ1v) is 21.3. The van der Waals surface area contributed by atoms with Gasteiger partial charge in [0.2, 0.25) is 0 Å². The number of nitrogens with one attached hydrogen (secondary N) is 1. The van der Waals surface area contributed by atoms with Crippen LogP contribution in [0.5, 0.6) is 17.2 Å². The van der Waals surface area contributed by atoms with Crippen molar-refractivity contribution in [1.82, 2.24) is 5.32 Å². The Morgan fingerprint density at radius 3 is 1.66 bits per heavy atom. The largest absolute Gasteiger partial charge is 0.453 e. The van der Waals surface area contributed by atoms with Crippen LogP contribution >= 0.6 is 0 Å². The van der Waals surface area contributed by atoms with Gasteiger partial charge in [-0.3, -0.25) is 9.35 Å². The molecule has 284 valence electrons. The fourth-order valence-electron chi connectivity index (χ4n) is 6.15. The van der Waals surface area contributed by atoms with E-state index < -0.39 is 21.8 Å². The molecule has 2 aromatic rings. The lowest BCUT2D eigenvalue weighted by Gasteiger charge is -2.25. The summed E-state index contributed by atoms with van der Waals surface area (Å²) in [5.41, 5.74) is 1.47. The van der Waals surface area contributed by atoms with E-state index in [9.17, 15) is 17.8 Å². The Hall–Kier alpha value is -2.42. The highest BCUT2D eigenvalue weighted by atomic mass is 32.2. The highest BCUT2D eigenvalue weighted by molar-refractivity contribution is 7.85. The van der Waals surface area contributed by atoms with E-state index in [4.69, 9.17) is 9.47 Å². The van der Waals surface area contributed by atoms with E-state index in [1.807, 2.05) is 52.0 Å². The number of benzene rings is 2. The smallest absolute Gasteiger partial charge is 0.311 e. The van der Waals surface area contributed by atoms with Gasteiger partial charge in [-0.05, 0) is 63.9 Å². The average molecular weight is 716 g/mol. The zero-order valence-electron chi connectivity index (χ0n) is 32.1. The zero-order valence-corrected chi connectivity index (χ0v) is 32.9. The van der Waals surface area contributed by atoms with Gasteiger partial charge in [0.05, 0.1) is 5.75 Å². The molecule has 0 aliphatic rings. The van der Waals surface area contributed by atoms with Crippen molar-refractivity contribution < 1.29 is 27.2 Å². The van der Waals surface area contributed by atoms with E-state index in [1.54, 1.807) is 18.2 Å². The number of esters is 1. The van der Waals surface area contributed by atoms with E-state index in [0.29, 0.717) is 30.0 Å². The van der Waals surface area contributed by atoms with Crippen LogP contribution in [0.15, 0.2) is 42.5 Å². The number of hydrogen-bond donors (Lipinski definition) is 2. The highest BCUT2D eigenvalue weighted by Crippen LogP contribution is 2.35. The van der Waals surface area contributed by atoms with Crippen LogP contribution in [-0.2, 0) is 14.9 Å². The van der Waals surface area contributed by atoms with Crippen molar-refractivity contribution in [3.8, 4) is 17.2 Å². The summed E-state index contributed by atoms with van der Waals surface area (Å²) in [6, 6.07) is 12.7. The second kappa shape index (κ2) is 24.7. The summed E-state index contributed by atoms with van der Waals surface area (Å²) in [4.78, 5) is 13.0. The number of aryl methyl sites for hydroxylation is 1. The summed E-state index contributed by atoms with van der Waals surface area (Å²) in [5.74, 6) is -0.156. The van der Waals surface area contributed by atoms with Crippen LogP contribution in [0.4, 0.5) is 0 Å². The van der Waals surface area contributed by atoms with Crippen molar-refractivity contribution in [2.24, 2.45) is 0 Å². The van der Waals surface area contributed by atoms with Crippen molar-refractivity contribution in [3.05, 3.63) is 53.6 Å². The lowest BCUT2D eigenvalue weighted by Crippen LogP contribution is -2.39. The first-order valence-electron chi connectivity index (χ1n) is 19.7. The third kappa shape index (κ3) is 21.7. The summed E-state index contributed by atoms with van der Waals surface area (Å²) in [5, 5.41) is 3.33. The van der Waals surface area contributed by atoms with Gasteiger partial charge in [-0.25, -0.2) is 0 Å². The summed E-state index contributed by atoms with van der Waals surface area (Å²) in [6.45, 7) is 10.6. The van der Waals surface area contributed by atoms with E-state index >= 15 is 0 Å². The first-order chi connectivity index (χ1) is 23.9. The summed E-state index contributed by atoms with van der Waals surface area (Å²) in [6.07, 6.45) is 24.9. The summed E-state index contributed by atoms with van der Waals surface area (Å²) < 4.78 is 45.4. The van der Waals surface area contributed by atoms with Gasteiger partial charge in [-0.15, -0.1) is 0 Å². The molecule has 0 saturated heterocycles. The molecular weight excluding hydrogens is 647 g/mol. The molecule has 0 heterocycles. The number of unbranched alkanes of at least 4 members (excludes halogenated alkanes) is 18. The Balaban J connectivity index is 1.77. The number of hydrogen-bond acceptors (Lipinski definition) is 6. The fourth-order valence-corrected chi connectivity index (χ4v) is 6.97. The molecule has 2 aromatic carbocycles. The molecule has 0 aliphatic carbocycles. The first kappa shape index (κ1) is 43.7. The minimum atomic E-state index is -4.25. The molecule has 0 aromatic heterocycles. The van der Waals surface area contributed by atoms with Crippen molar-refractivity contribution in [3.63, 3.8) is 0 Å². The van der Waals surface area contributed by atoms with Crippen molar-refractivity contribution in [2.45, 2.75) is 174 Å². The van der Waals surface area contributed by atoms with Gasteiger partial charge < -0.3 is 14.8 Å². The molecule has 0 bridgehead atoms. The Morgan fingerprint density at radius 2 is 1.20 bits per heavy atom. The number of ether oxygens (including phenoxy) is 2. The molecule has 0 radical (unpaired) electrons. The van der Waals surface area contributed by atoms with Crippen LogP contribution in [0, 0.1) is 6.92 Å². The maximum absolute atomic E-state index is 13.0. The number of carbonyl (C=O) groups excluding carboxylic acids is 1. The lowest BCUT2D eigenvalue weighted by atomic mass is 9.98. The number of rotatable bonds is 28. The third-order valence-corrected chi connectivity index (χ3v) is 10.0. The molecule has 0 spiro atoms. The van der Waals surface area contributed by atoms with Crippen LogP contribution in [0.2, 0.25) is 0 Å². The van der Waals surface area contributed by atoms with Crippen molar-refractivity contribution in [2.75, 3.05) is 12.3 Å². The normalized spacial score (nSPS) is 12.6. The Kier molecular flexibility index (Phi) is 21.6. The quantitative estimate of drug-likeness (QED) is 0.0391. The second-order valence-electron chi connectivity index (χ2n) is 15.3. The van der Waals surface area contributed by atoms with Crippen LogP contribution < -0.4 is 14.8 Å². The van der Waals surface area contributed by atoms with Crippen LogP contribution in [0.1, 0.15) is 173 Å². The molecule has 0 fully saturated rings. The Labute approximate surface area is 305 Å². The lowest BCUT2D eigenvalue weighted by molar-refractivity contribution is -0.134. The molecule has 2 rings (SSSR count). The van der Waals surface area contributed by atoms with Gasteiger partial charge in [-0.2, -0.15) is 8.42 Å². The van der Waals surface area contributed by atoms with E-state index in [2.05, 4.69) is 12.2 Å². The molecule has 1 unspecified atom stereocenters. The molecule has 0 saturated carbocycles. The second-order valence-corrected chi connectivity index (χ2v) is 16.8. The van der Waals surface area contributed by atoms with Gasteiger partial charge in [0.1, 0.15) is 5.75 Å². The van der Waals surface area contributed by atoms with Gasteiger partial charge in [0, 0.05) is 24.4 Å². The number of carbonyl (C=O) groups is 1. The molecule has 0 amide bonds. The van der Waals surface area contributed by atoms with Gasteiger partial charge >= 0.3 is 5.97 Å². The van der Waals surface area contributed by atoms with E-state index in [1.165, 1.54) is 103 Å². The molecule has 1 atom stereocenters. The Morgan fingerprint density at radius 1 is 0.720 bits per heavy atom. The van der Waals surface area contributed by atoms with Crippen LogP contribution in [0.25, 0.3) is 0 Å². The van der Waals surface area contributed by atoms with Crippen LogP contribution in [0.3, 0.4) is 0 Å². The van der Waals surface area contributed by atoms with Crippen LogP contribution in [-0.4, -0.2) is 36.8 Å². The van der Waals surface area contributed by atoms with Gasteiger partial charge in [0.15, 0.2) is 11.5 Å². The van der Waals surface area contributed by atoms with Gasteiger partial charge in [-0.1, -0.05) is 146 Å². The fraction of sp³-hybridized carbons (Fsp3) is 0.690. The maximum Gasteiger partial charge on any atom is 0.311 e. The summed E-state index contributed by atoms with van der Waals surface area (Å²) in [7, 11) is -4.25. The molecule has 7 nitrogen and oxygen atoms in total. The Bertz CT molecular complexity index is 1300. The molecular formula is C42H69NO6S. The van der Waals surface area contributed by atoms with Crippen molar-refractivity contribution in [1.29, 1.82) is 0 Å². The summed E-state index contributed by atoms with van der Waals surface area (Å²) >= 11 is 0. The molecule has 2 N–H and O–H groups in total. The highest BCUT2D eigenvalue weighted by Gasteiger charge is 2.23. The topological polar surface area (TPSA) is 102 Å². The maximum atomic E-state index is 13.0. The van der Waals surface area contributed by atoms with E-state index in [0.717, 1.165) is 24.8 Å². The minimum Gasteiger partial charge on any atom is -0.453 e. The van der Waals surface area contributed by atoms with Gasteiger partial charge in [0.25, 0.3) is 10.1 Å². The molecule has 0 aliphatic heterocycles. The standard InChI is InChI=1S/C42H69NO6S/c1-6-7-8-9-10-11-12-13-14-15-16-17-18-19-20-21-22-23-24-25-41(44)49-40-32-36(37(34-50(45,46)47)33-43-42(3,4)5)28-31-39(40)48-38-29-26-35(2)27-30-38/h26-32,37,43H,6-25,33-34H2,1-5H3,(H,45,46,47). The minimum absolute atomic E-state index is 0.238. The monoisotopic (exact) mass is 715 g/mol. The molecule has 50 heavy (non-hydrogen) atoms. The van der Waals surface area contributed by atoms with Crippen molar-refractivity contribution >= 4 is 16.1 Å². The third-order valence-electron chi connectivity index (χ3n) is 9.19.